The molecule has 26 heavy (non-hydrogen) atoms. The van der Waals surface area contributed by atoms with Crippen LogP contribution in [0.1, 0.15) is 78.6 Å². The summed E-state index contributed by atoms with van der Waals surface area (Å²) >= 11 is 0. The summed E-state index contributed by atoms with van der Waals surface area (Å²) in [5.41, 5.74) is -2.38. The Kier molecular flexibility index (Phi) is 3.94. The van der Waals surface area contributed by atoms with Crippen LogP contribution >= 0.6 is 0 Å². The lowest BCUT2D eigenvalue weighted by Gasteiger charge is -2.62. The second-order valence-corrected chi connectivity index (χ2v) is 10.4. The van der Waals surface area contributed by atoms with Gasteiger partial charge in [-0.2, -0.15) is 5.26 Å². The normalized spacial score (nSPS) is 56.0. The number of Topliss-reactive ketones (excluding diaryl/α,β-unsaturated/α-hetero) is 1. The summed E-state index contributed by atoms with van der Waals surface area (Å²) in [4.78, 5) is 12.0. The largest absolute Gasteiger partial charge is 0.382 e. The highest BCUT2D eigenvalue weighted by Crippen LogP contribution is 2.68. The van der Waals surface area contributed by atoms with E-state index < -0.39 is 11.2 Å². The molecule has 4 aliphatic rings. The van der Waals surface area contributed by atoms with Crippen LogP contribution in [0.15, 0.2) is 0 Å². The standard InChI is InChI=1S/C22H33NO3/c1-14(24)21(25)11-10-19(2)15(12-21)4-5-16-17(19)6-8-20(3)18(16)7-9-22(20,26)13-23/h15-18,25-26H,4-12H2,1-3H3/t15?,16-,17-,18+,19+,20+,21?,22?/m1/s1. The van der Waals surface area contributed by atoms with Gasteiger partial charge in [-0.05, 0) is 93.8 Å². The fraction of sp³-hybridized carbons (Fsp3) is 0.909. The molecule has 4 fully saturated rings. The molecule has 8 atom stereocenters. The zero-order valence-electron chi connectivity index (χ0n) is 16.4. The Morgan fingerprint density at radius 3 is 2.35 bits per heavy atom. The third-order valence-electron chi connectivity index (χ3n) is 9.72. The molecule has 0 amide bonds. The van der Waals surface area contributed by atoms with Crippen molar-refractivity contribution < 1.29 is 15.0 Å². The van der Waals surface area contributed by atoms with Gasteiger partial charge in [-0.25, -0.2) is 0 Å². The van der Waals surface area contributed by atoms with Crippen molar-refractivity contribution in [3.8, 4) is 6.07 Å². The molecule has 0 aromatic heterocycles. The first-order valence-electron chi connectivity index (χ1n) is 10.5. The van der Waals surface area contributed by atoms with Gasteiger partial charge in [0.15, 0.2) is 11.4 Å². The van der Waals surface area contributed by atoms with E-state index in [9.17, 15) is 20.3 Å². The number of carbonyl (C=O) groups excluding carboxylic acids is 1. The molecule has 0 aliphatic heterocycles. The Morgan fingerprint density at radius 2 is 1.69 bits per heavy atom. The third kappa shape index (κ3) is 2.17. The molecule has 4 saturated carbocycles. The van der Waals surface area contributed by atoms with Crippen LogP contribution < -0.4 is 0 Å². The van der Waals surface area contributed by atoms with E-state index in [0.717, 1.165) is 38.5 Å². The second kappa shape index (κ2) is 5.55. The molecule has 0 spiro atoms. The quantitative estimate of drug-likeness (QED) is 0.701. The van der Waals surface area contributed by atoms with Crippen LogP contribution in [0.25, 0.3) is 0 Å². The summed E-state index contributed by atoms with van der Waals surface area (Å²) in [5.74, 6) is 1.93. The van der Waals surface area contributed by atoms with Gasteiger partial charge in [-0.3, -0.25) is 4.79 Å². The zero-order valence-corrected chi connectivity index (χ0v) is 16.4. The summed E-state index contributed by atoms with van der Waals surface area (Å²) in [7, 11) is 0. The Bertz CT molecular complexity index is 671. The summed E-state index contributed by atoms with van der Waals surface area (Å²) in [6, 6.07) is 2.25. The summed E-state index contributed by atoms with van der Waals surface area (Å²) in [5, 5.41) is 31.3. The Morgan fingerprint density at radius 1 is 1.00 bits per heavy atom. The van der Waals surface area contributed by atoms with Gasteiger partial charge >= 0.3 is 0 Å². The van der Waals surface area contributed by atoms with Crippen LogP contribution in [0.4, 0.5) is 0 Å². The van der Waals surface area contributed by atoms with Gasteiger partial charge in [0.2, 0.25) is 0 Å². The summed E-state index contributed by atoms with van der Waals surface area (Å²) < 4.78 is 0. The van der Waals surface area contributed by atoms with Gasteiger partial charge in [0, 0.05) is 5.41 Å². The maximum Gasteiger partial charge on any atom is 0.161 e. The fourth-order valence-corrected chi connectivity index (χ4v) is 7.76. The minimum Gasteiger partial charge on any atom is -0.382 e. The van der Waals surface area contributed by atoms with Crippen molar-refractivity contribution in [2.75, 3.05) is 0 Å². The van der Waals surface area contributed by atoms with Gasteiger partial charge in [0.25, 0.3) is 0 Å². The topological polar surface area (TPSA) is 81.3 Å². The predicted octanol–water partition coefficient (Wildman–Crippen LogP) is 3.60. The number of fused-ring (bicyclic) bond motifs is 5. The number of nitrogens with zero attached hydrogens (tertiary/aromatic N) is 1. The Balaban J connectivity index is 1.62. The molecular formula is C22H33NO3. The second-order valence-electron chi connectivity index (χ2n) is 10.4. The van der Waals surface area contributed by atoms with E-state index in [1.54, 1.807) is 0 Å². The summed E-state index contributed by atoms with van der Waals surface area (Å²) in [6.45, 7) is 6.07. The summed E-state index contributed by atoms with van der Waals surface area (Å²) in [6.07, 6.45) is 7.84. The van der Waals surface area contributed by atoms with Gasteiger partial charge in [-0.15, -0.1) is 0 Å². The molecule has 2 N–H and O–H groups in total. The average molecular weight is 360 g/mol. The zero-order chi connectivity index (χ0) is 19.0. The van der Waals surface area contributed by atoms with Crippen LogP contribution in [0.2, 0.25) is 0 Å². The molecule has 0 aromatic rings. The number of aliphatic hydroxyl groups is 2. The highest BCUT2D eigenvalue weighted by molar-refractivity contribution is 5.84. The first-order valence-corrected chi connectivity index (χ1v) is 10.5. The molecule has 4 rings (SSSR count). The number of nitriles is 1. The van der Waals surface area contributed by atoms with Gasteiger partial charge < -0.3 is 10.2 Å². The lowest BCUT2D eigenvalue weighted by molar-refractivity contribution is -0.170. The number of hydrogen-bond acceptors (Lipinski definition) is 4. The first-order chi connectivity index (χ1) is 12.1. The molecule has 0 radical (unpaired) electrons. The lowest BCUT2D eigenvalue weighted by atomic mass is 9.43. The van der Waals surface area contributed by atoms with Crippen molar-refractivity contribution in [2.45, 2.75) is 89.8 Å². The molecule has 144 valence electrons. The molecular weight excluding hydrogens is 326 g/mol. The smallest absolute Gasteiger partial charge is 0.161 e. The monoisotopic (exact) mass is 359 g/mol. The Hall–Kier alpha value is -0.920. The maximum atomic E-state index is 12.0. The molecule has 0 saturated heterocycles. The minimum atomic E-state index is -1.16. The predicted molar refractivity (Wildman–Crippen MR) is 97.9 cm³/mol. The van der Waals surface area contributed by atoms with Crippen molar-refractivity contribution in [1.29, 1.82) is 5.26 Å². The number of rotatable bonds is 1. The van der Waals surface area contributed by atoms with E-state index in [1.165, 1.54) is 6.92 Å². The van der Waals surface area contributed by atoms with Crippen molar-refractivity contribution >= 4 is 5.78 Å². The van der Waals surface area contributed by atoms with E-state index in [4.69, 9.17) is 0 Å². The van der Waals surface area contributed by atoms with Gasteiger partial charge in [0.1, 0.15) is 5.60 Å². The molecule has 0 heterocycles. The van der Waals surface area contributed by atoms with Crippen LogP contribution in [0.3, 0.4) is 0 Å². The minimum absolute atomic E-state index is 0.0761. The Labute approximate surface area is 157 Å². The van der Waals surface area contributed by atoms with E-state index >= 15 is 0 Å². The van der Waals surface area contributed by atoms with Crippen LogP contribution in [-0.2, 0) is 4.79 Å². The van der Waals surface area contributed by atoms with Crippen molar-refractivity contribution in [3.63, 3.8) is 0 Å². The molecule has 3 unspecified atom stereocenters. The average Bonchev–Trinajstić information content (AvgIpc) is 2.87. The van der Waals surface area contributed by atoms with Gasteiger partial charge in [0.05, 0.1) is 6.07 Å². The van der Waals surface area contributed by atoms with Crippen molar-refractivity contribution in [2.24, 2.45) is 34.5 Å². The molecule has 0 aromatic carbocycles. The van der Waals surface area contributed by atoms with Gasteiger partial charge in [-0.1, -0.05) is 13.8 Å². The van der Waals surface area contributed by atoms with E-state index in [-0.39, 0.29) is 16.6 Å². The van der Waals surface area contributed by atoms with E-state index in [2.05, 4.69) is 19.9 Å². The SMILES string of the molecule is CC(=O)C1(O)CC[C@@]2(C)C(CC[C@@H]3[C@H]2CC[C@@]2(C)[C@H]3CCC2(O)C#N)C1. The number of carbonyl (C=O) groups is 1. The van der Waals surface area contributed by atoms with E-state index in [1.807, 2.05) is 0 Å². The van der Waals surface area contributed by atoms with Crippen LogP contribution in [0, 0.1) is 45.8 Å². The van der Waals surface area contributed by atoms with Crippen molar-refractivity contribution in [3.05, 3.63) is 0 Å². The van der Waals surface area contributed by atoms with Crippen LogP contribution in [-0.4, -0.2) is 27.2 Å². The maximum absolute atomic E-state index is 12.0. The highest BCUT2D eigenvalue weighted by atomic mass is 16.3. The number of hydrogen-bond donors (Lipinski definition) is 2. The number of ketones is 1. The third-order valence-corrected chi connectivity index (χ3v) is 9.72. The first kappa shape index (κ1) is 18.4. The van der Waals surface area contributed by atoms with E-state index in [0.29, 0.717) is 42.9 Å². The molecule has 4 nitrogen and oxygen atoms in total. The molecule has 0 bridgehead atoms. The molecule has 4 aliphatic carbocycles. The molecule has 4 heteroatoms. The highest BCUT2D eigenvalue weighted by Gasteiger charge is 2.65. The van der Waals surface area contributed by atoms with Crippen LogP contribution in [0.5, 0.6) is 0 Å². The lowest BCUT2D eigenvalue weighted by Crippen LogP contribution is -2.58. The van der Waals surface area contributed by atoms with Crippen molar-refractivity contribution in [1.82, 2.24) is 0 Å². The fourth-order valence-electron chi connectivity index (χ4n) is 7.76.